The summed E-state index contributed by atoms with van der Waals surface area (Å²) < 4.78 is 5.00. The number of benzene rings is 2. The predicted molar refractivity (Wildman–Crippen MR) is 133 cm³/mol. The number of nitrogens with zero attached hydrogens (tertiary/aromatic N) is 2. The molecule has 1 amide bonds. The second-order valence-electron chi connectivity index (χ2n) is 9.10. The van der Waals surface area contributed by atoms with E-state index in [9.17, 15) is 9.59 Å². The second-order valence-corrected chi connectivity index (χ2v) is 9.54. The van der Waals surface area contributed by atoms with Gasteiger partial charge in [-0.3, -0.25) is 9.59 Å². The van der Waals surface area contributed by atoms with Crippen molar-refractivity contribution in [2.24, 2.45) is 0 Å². The summed E-state index contributed by atoms with van der Waals surface area (Å²) in [6, 6.07) is 16.4. The zero-order valence-corrected chi connectivity index (χ0v) is 20.7. The van der Waals surface area contributed by atoms with Crippen molar-refractivity contribution >= 4 is 23.5 Å². The van der Waals surface area contributed by atoms with Gasteiger partial charge in [0.15, 0.2) is 0 Å². The monoisotopic (exact) mass is 470 g/mol. The van der Waals surface area contributed by atoms with Crippen LogP contribution in [0.5, 0.6) is 0 Å². The Labute approximate surface area is 202 Å². The molecule has 0 atom stereocenters. The highest BCUT2D eigenvalue weighted by Crippen LogP contribution is 2.35. The molecule has 5 nitrogen and oxygen atoms in total. The van der Waals surface area contributed by atoms with Crippen molar-refractivity contribution in [2.75, 3.05) is 27.2 Å². The SMILES string of the molecule is CC(=O)OCCCN(C)Cc1ccc(C2CCC(N(C)C(=O)c3ccc(Cl)cc3)CC2)cc1. The third kappa shape index (κ3) is 7.58. The molecule has 0 spiro atoms. The van der Waals surface area contributed by atoms with Gasteiger partial charge in [-0.25, -0.2) is 0 Å². The van der Waals surface area contributed by atoms with Gasteiger partial charge < -0.3 is 14.5 Å². The van der Waals surface area contributed by atoms with Crippen LogP contribution in [0.25, 0.3) is 0 Å². The molecule has 6 heteroatoms. The quantitative estimate of drug-likeness (QED) is 0.357. The summed E-state index contributed by atoms with van der Waals surface area (Å²) in [5.74, 6) is 0.398. The Hall–Kier alpha value is -2.37. The van der Waals surface area contributed by atoms with Gasteiger partial charge in [-0.1, -0.05) is 35.9 Å². The molecule has 1 saturated carbocycles. The molecule has 0 radical (unpaired) electrons. The fraction of sp³-hybridized carbons (Fsp3) is 0.481. The van der Waals surface area contributed by atoms with Gasteiger partial charge in [-0.15, -0.1) is 0 Å². The smallest absolute Gasteiger partial charge is 0.302 e. The average Bonchev–Trinajstić information content (AvgIpc) is 2.82. The molecule has 2 aromatic rings. The number of halogens is 1. The van der Waals surface area contributed by atoms with Crippen molar-refractivity contribution in [3.63, 3.8) is 0 Å². The summed E-state index contributed by atoms with van der Waals surface area (Å²) in [4.78, 5) is 27.8. The molecular weight excluding hydrogens is 436 g/mol. The van der Waals surface area contributed by atoms with Crippen LogP contribution < -0.4 is 0 Å². The minimum atomic E-state index is -0.220. The molecule has 178 valence electrons. The number of ether oxygens (including phenoxy) is 1. The highest BCUT2D eigenvalue weighted by Gasteiger charge is 2.27. The molecule has 0 heterocycles. The van der Waals surface area contributed by atoms with Gasteiger partial charge in [0.05, 0.1) is 6.61 Å². The van der Waals surface area contributed by atoms with E-state index in [2.05, 4.69) is 36.2 Å². The minimum absolute atomic E-state index is 0.0662. The van der Waals surface area contributed by atoms with E-state index >= 15 is 0 Å². The van der Waals surface area contributed by atoms with Gasteiger partial charge >= 0.3 is 5.97 Å². The van der Waals surface area contributed by atoms with Crippen LogP contribution in [-0.4, -0.2) is 55.0 Å². The molecule has 1 aliphatic rings. The maximum atomic E-state index is 12.8. The van der Waals surface area contributed by atoms with E-state index in [4.69, 9.17) is 16.3 Å². The van der Waals surface area contributed by atoms with E-state index in [0.717, 1.165) is 45.2 Å². The molecule has 0 unspecified atom stereocenters. The van der Waals surface area contributed by atoms with Crippen LogP contribution in [0.4, 0.5) is 0 Å². The first kappa shape index (κ1) is 25.3. The van der Waals surface area contributed by atoms with E-state index in [0.29, 0.717) is 23.1 Å². The van der Waals surface area contributed by atoms with Gasteiger partial charge in [0, 0.05) is 43.7 Å². The fourth-order valence-electron chi connectivity index (χ4n) is 4.59. The first-order chi connectivity index (χ1) is 15.8. The highest BCUT2D eigenvalue weighted by molar-refractivity contribution is 6.30. The number of carbonyl (C=O) groups is 2. The number of carbonyl (C=O) groups excluding carboxylic acids is 2. The number of rotatable bonds is 9. The van der Waals surface area contributed by atoms with Crippen molar-refractivity contribution in [2.45, 2.75) is 57.5 Å². The lowest BCUT2D eigenvalue weighted by atomic mass is 9.81. The Kier molecular flexibility index (Phi) is 9.33. The van der Waals surface area contributed by atoms with Crippen LogP contribution in [0.1, 0.15) is 66.4 Å². The third-order valence-corrected chi connectivity index (χ3v) is 6.80. The van der Waals surface area contributed by atoms with E-state index in [1.54, 1.807) is 24.3 Å². The fourth-order valence-corrected chi connectivity index (χ4v) is 4.72. The van der Waals surface area contributed by atoms with Crippen molar-refractivity contribution < 1.29 is 14.3 Å². The standard InChI is InChI=1S/C27H35ClN2O3/c1-20(31)33-18-4-17-29(2)19-21-5-7-22(8-6-21)23-11-15-26(16-12-23)30(3)27(32)24-9-13-25(28)14-10-24/h5-10,13-14,23,26H,4,11-12,15-19H2,1-3H3. The normalized spacial score (nSPS) is 18.2. The summed E-state index contributed by atoms with van der Waals surface area (Å²) in [7, 11) is 4.00. The molecule has 0 N–H and O–H groups in total. The molecule has 2 aromatic carbocycles. The summed E-state index contributed by atoms with van der Waals surface area (Å²) in [5, 5.41) is 0.645. The lowest BCUT2D eigenvalue weighted by molar-refractivity contribution is -0.141. The van der Waals surface area contributed by atoms with Crippen LogP contribution in [0, 0.1) is 0 Å². The number of hydrogen-bond donors (Lipinski definition) is 0. The maximum Gasteiger partial charge on any atom is 0.302 e. The number of amides is 1. The zero-order valence-electron chi connectivity index (χ0n) is 19.9. The first-order valence-corrected chi connectivity index (χ1v) is 12.1. The third-order valence-electron chi connectivity index (χ3n) is 6.55. The Balaban J connectivity index is 1.45. The Bertz CT molecular complexity index is 906. The number of esters is 1. The second kappa shape index (κ2) is 12.2. The topological polar surface area (TPSA) is 49.9 Å². The summed E-state index contributed by atoms with van der Waals surface area (Å²) >= 11 is 5.95. The van der Waals surface area contributed by atoms with E-state index < -0.39 is 0 Å². The predicted octanol–water partition coefficient (Wildman–Crippen LogP) is 5.52. The minimum Gasteiger partial charge on any atom is -0.466 e. The van der Waals surface area contributed by atoms with Crippen molar-refractivity contribution in [1.29, 1.82) is 0 Å². The molecule has 1 fully saturated rings. The summed E-state index contributed by atoms with van der Waals surface area (Å²) in [6.07, 6.45) is 5.07. The summed E-state index contributed by atoms with van der Waals surface area (Å²) in [5.41, 5.74) is 3.37. The van der Waals surface area contributed by atoms with Crippen molar-refractivity contribution in [3.05, 3.63) is 70.2 Å². The van der Waals surface area contributed by atoms with Crippen LogP contribution >= 0.6 is 11.6 Å². The van der Waals surface area contributed by atoms with E-state index in [1.807, 2.05) is 11.9 Å². The molecule has 0 aliphatic heterocycles. The lowest BCUT2D eigenvalue weighted by Crippen LogP contribution is -2.39. The van der Waals surface area contributed by atoms with E-state index in [1.165, 1.54) is 18.1 Å². The molecule has 33 heavy (non-hydrogen) atoms. The lowest BCUT2D eigenvalue weighted by Gasteiger charge is -2.35. The molecular formula is C27H35ClN2O3. The molecule has 0 bridgehead atoms. The Morgan fingerprint density at radius 2 is 1.61 bits per heavy atom. The van der Waals surface area contributed by atoms with Gasteiger partial charge in [-0.05, 0) is 80.5 Å². The van der Waals surface area contributed by atoms with Crippen LogP contribution in [0.3, 0.4) is 0 Å². The zero-order chi connectivity index (χ0) is 23.8. The van der Waals surface area contributed by atoms with Gasteiger partial charge in [0.2, 0.25) is 0 Å². The Morgan fingerprint density at radius 3 is 2.21 bits per heavy atom. The van der Waals surface area contributed by atoms with Crippen LogP contribution in [0.2, 0.25) is 5.02 Å². The average molecular weight is 471 g/mol. The van der Waals surface area contributed by atoms with Crippen molar-refractivity contribution in [3.8, 4) is 0 Å². The molecule has 0 aromatic heterocycles. The maximum absolute atomic E-state index is 12.8. The van der Waals surface area contributed by atoms with Crippen molar-refractivity contribution in [1.82, 2.24) is 9.80 Å². The molecule has 0 saturated heterocycles. The Morgan fingerprint density at radius 1 is 0.970 bits per heavy atom. The largest absolute Gasteiger partial charge is 0.466 e. The van der Waals surface area contributed by atoms with E-state index in [-0.39, 0.29) is 17.9 Å². The summed E-state index contributed by atoms with van der Waals surface area (Å²) in [6.45, 7) is 3.69. The highest BCUT2D eigenvalue weighted by atomic mass is 35.5. The van der Waals surface area contributed by atoms with Gasteiger partial charge in [0.1, 0.15) is 0 Å². The molecule has 1 aliphatic carbocycles. The molecule has 3 rings (SSSR count). The number of hydrogen-bond acceptors (Lipinski definition) is 4. The van der Waals surface area contributed by atoms with Crippen LogP contribution in [-0.2, 0) is 16.1 Å². The van der Waals surface area contributed by atoms with Crippen LogP contribution in [0.15, 0.2) is 48.5 Å². The van der Waals surface area contributed by atoms with Gasteiger partial charge in [0.25, 0.3) is 5.91 Å². The first-order valence-electron chi connectivity index (χ1n) is 11.8. The van der Waals surface area contributed by atoms with Gasteiger partial charge in [-0.2, -0.15) is 0 Å².